The SMILES string of the molecule is N#Cc1ccc(NC(=O)C(CO)NC(=O)c2ccccc2F)cc1C(F)(F)F. The summed E-state index contributed by atoms with van der Waals surface area (Å²) >= 11 is 0. The molecular formula is C18H13F4N3O3. The summed E-state index contributed by atoms with van der Waals surface area (Å²) in [6, 6.07) is 7.29. The lowest BCUT2D eigenvalue weighted by Gasteiger charge is -2.17. The number of alkyl halides is 3. The van der Waals surface area contributed by atoms with Gasteiger partial charge in [0.2, 0.25) is 5.91 Å². The Morgan fingerprint density at radius 3 is 2.43 bits per heavy atom. The number of carbonyl (C=O) groups is 2. The number of aliphatic hydroxyl groups excluding tert-OH is 1. The van der Waals surface area contributed by atoms with E-state index in [0.717, 1.165) is 24.3 Å². The van der Waals surface area contributed by atoms with Crippen LogP contribution in [-0.2, 0) is 11.0 Å². The van der Waals surface area contributed by atoms with Crippen molar-refractivity contribution < 1.29 is 32.3 Å². The smallest absolute Gasteiger partial charge is 0.394 e. The normalized spacial score (nSPS) is 12.0. The summed E-state index contributed by atoms with van der Waals surface area (Å²) in [4.78, 5) is 24.2. The first-order valence-corrected chi connectivity index (χ1v) is 7.75. The highest BCUT2D eigenvalue weighted by Gasteiger charge is 2.34. The highest BCUT2D eigenvalue weighted by atomic mass is 19.4. The van der Waals surface area contributed by atoms with E-state index in [1.165, 1.54) is 18.2 Å². The van der Waals surface area contributed by atoms with Crippen molar-refractivity contribution in [2.45, 2.75) is 12.2 Å². The molecule has 28 heavy (non-hydrogen) atoms. The van der Waals surface area contributed by atoms with Gasteiger partial charge in [0.05, 0.1) is 29.4 Å². The molecule has 2 amide bonds. The number of hydrogen-bond donors (Lipinski definition) is 3. The molecule has 0 aliphatic heterocycles. The van der Waals surface area contributed by atoms with Gasteiger partial charge in [-0.05, 0) is 30.3 Å². The van der Waals surface area contributed by atoms with Crippen LogP contribution in [0.25, 0.3) is 0 Å². The number of anilines is 1. The quantitative estimate of drug-likeness (QED) is 0.677. The number of amides is 2. The largest absolute Gasteiger partial charge is 0.417 e. The van der Waals surface area contributed by atoms with Crippen molar-refractivity contribution in [1.82, 2.24) is 5.32 Å². The zero-order valence-electron chi connectivity index (χ0n) is 14.0. The second-order valence-corrected chi connectivity index (χ2v) is 5.55. The maximum Gasteiger partial charge on any atom is 0.417 e. The summed E-state index contributed by atoms with van der Waals surface area (Å²) in [5.74, 6) is -2.85. The summed E-state index contributed by atoms with van der Waals surface area (Å²) < 4.78 is 52.5. The molecule has 0 fully saturated rings. The van der Waals surface area contributed by atoms with Gasteiger partial charge in [-0.1, -0.05) is 12.1 Å². The number of benzene rings is 2. The molecule has 0 heterocycles. The topological polar surface area (TPSA) is 102 Å². The van der Waals surface area contributed by atoms with E-state index in [9.17, 15) is 32.3 Å². The molecule has 0 aliphatic rings. The molecule has 0 saturated heterocycles. The van der Waals surface area contributed by atoms with E-state index >= 15 is 0 Å². The van der Waals surface area contributed by atoms with E-state index in [0.29, 0.717) is 6.07 Å². The average molecular weight is 395 g/mol. The van der Waals surface area contributed by atoms with Crippen molar-refractivity contribution in [2.24, 2.45) is 0 Å². The third-order valence-electron chi connectivity index (χ3n) is 3.64. The molecule has 0 radical (unpaired) electrons. The maximum atomic E-state index is 13.6. The van der Waals surface area contributed by atoms with Crippen LogP contribution < -0.4 is 10.6 Å². The molecule has 146 valence electrons. The fourth-order valence-electron chi connectivity index (χ4n) is 2.26. The fraction of sp³-hybridized carbons (Fsp3) is 0.167. The first-order valence-electron chi connectivity index (χ1n) is 7.75. The molecule has 10 heteroatoms. The van der Waals surface area contributed by atoms with Gasteiger partial charge in [0.15, 0.2) is 0 Å². The monoisotopic (exact) mass is 395 g/mol. The van der Waals surface area contributed by atoms with Gasteiger partial charge in [0, 0.05) is 5.69 Å². The Kier molecular flexibility index (Phi) is 6.33. The first-order chi connectivity index (χ1) is 13.2. The van der Waals surface area contributed by atoms with Gasteiger partial charge in [0.25, 0.3) is 5.91 Å². The van der Waals surface area contributed by atoms with Crippen molar-refractivity contribution in [3.63, 3.8) is 0 Å². The molecule has 0 spiro atoms. The van der Waals surface area contributed by atoms with Gasteiger partial charge >= 0.3 is 6.18 Å². The predicted octanol–water partition coefficient (Wildman–Crippen LogP) is 2.45. The minimum atomic E-state index is -4.82. The number of rotatable bonds is 5. The van der Waals surface area contributed by atoms with E-state index in [1.807, 2.05) is 0 Å². The number of nitrogens with one attached hydrogen (secondary N) is 2. The van der Waals surface area contributed by atoms with Crippen LogP contribution >= 0.6 is 0 Å². The third kappa shape index (κ3) is 4.83. The van der Waals surface area contributed by atoms with E-state index in [2.05, 4.69) is 10.6 Å². The van der Waals surface area contributed by atoms with Crippen LogP contribution in [0.1, 0.15) is 21.5 Å². The molecule has 2 aromatic carbocycles. The number of halogens is 4. The van der Waals surface area contributed by atoms with Crippen molar-refractivity contribution in [1.29, 1.82) is 5.26 Å². The highest BCUT2D eigenvalue weighted by Crippen LogP contribution is 2.33. The van der Waals surface area contributed by atoms with Crippen LogP contribution in [0, 0.1) is 17.1 Å². The number of carbonyl (C=O) groups excluding carboxylic acids is 2. The lowest BCUT2D eigenvalue weighted by atomic mass is 10.1. The lowest BCUT2D eigenvalue weighted by Crippen LogP contribution is -2.46. The molecule has 3 N–H and O–H groups in total. The van der Waals surface area contributed by atoms with Crippen molar-refractivity contribution in [3.8, 4) is 6.07 Å². The van der Waals surface area contributed by atoms with Crippen LogP contribution in [-0.4, -0.2) is 29.6 Å². The molecule has 0 aliphatic carbocycles. The standard InChI is InChI=1S/C18H13F4N3O3/c19-14-4-2-1-3-12(14)16(27)25-15(9-26)17(28)24-11-6-5-10(8-23)13(7-11)18(20,21)22/h1-7,15,26H,9H2,(H,24,28)(H,25,27). The molecule has 1 unspecified atom stereocenters. The average Bonchev–Trinajstić information content (AvgIpc) is 2.65. The van der Waals surface area contributed by atoms with Crippen LogP contribution in [0.15, 0.2) is 42.5 Å². The Bertz CT molecular complexity index is 938. The number of nitrogens with zero attached hydrogens (tertiary/aromatic N) is 1. The predicted molar refractivity (Wildman–Crippen MR) is 89.5 cm³/mol. The Balaban J connectivity index is 2.17. The van der Waals surface area contributed by atoms with E-state index in [4.69, 9.17) is 5.26 Å². The molecule has 2 aromatic rings. The van der Waals surface area contributed by atoms with Crippen LogP contribution in [0.4, 0.5) is 23.2 Å². The number of nitriles is 1. The summed E-state index contributed by atoms with van der Waals surface area (Å²) in [7, 11) is 0. The molecule has 6 nitrogen and oxygen atoms in total. The maximum absolute atomic E-state index is 13.6. The summed E-state index contributed by atoms with van der Waals surface area (Å²) in [6.07, 6.45) is -4.82. The van der Waals surface area contributed by atoms with Gasteiger partial charge in [-0.3, -0.25) is 9.59 Å². The Labute approximate surface area is 156 Å². The second-order valence-electron chi connectivity index (χ2n) is 5.55. The molecule has 0 aromatic heterocycles. The number of aliphatic hydroxyl groups is 1. The molecule has 1 atom stereocenters. The fourth-order valence-corrected chi connectivity index (χ4v) is 2.26. The molecule has 2 rings (SSSR count). The second kappa shape index (κ2) is 8.49. The van der Waals surface area contributed by atoms with E-state index < -0.39 is 47.6 Å². The Morgan fingerprint density at radius 2 is 1.86 bits per heavy atom. The first kappa shape index (κ1) is 20.9. The van der Waals surface area contributed by atoms with Gasteiger partial charge < -0.3 is 15.7 Å². The highest BCUT2D eigenvalue weighted by molar-refractivity contribution is 6.01. The minimum absolute atomic E-state index is 0.296. The summed E-state index contributed by atoms with van der Waals surface area (Å²) in [6.45, 7) is -0.881. The number of hydrogen-bond acceptors (Lipinski definition) is 4. The summed E-state index contributed by atoms with van der Waals surface area (Å²) in [5.41, 5.74) is -2.54. The Morgan fingerprint density at radius 1 is 1.18 bits per heavy atom. The third-order valence-corrected chi connectivity index (χ3v) is 3.64. The zero-order valence-corrected chi connectivity index (χ0v) is 14.0. The summed E-state index contributed by atoms with van der Waals surface area (Å²) in [5, 5.41) is 22.3. The Hall–Kier alpha value is -3.45. The van der Waals surface area contributed by atoms with Gasteiger partial charge in [-0.25, -0.2) is 4.39 Å². The van der Waals surface area contributed by atoms with E-state index in [1.54, 1.807) is 0 Å². The van der Waals surface area contributed by atoms with Crippen molar-refractivity contribution >= 4 is 17.5 Å². The minimum Gasteiger partial charge on any atom is -0.394 e. The molecule has 0 saturated carbocycles. The van der Waals surface area contributed by atoms with Gasteiger partial charge in [-0.15, -0.1) is 0 Å². The van der Waals surface area contributed by atoms with E-state index in [-0.39, 0.29) is 11.3 Å². The van der Waals surface area contributed by atoms with Crippen LogP contribution in [0.5, 0.6) is 0 Å². The van der Waals surface area contributed by atoms with Gasteiger partial charge in [-0.2, -0.15) is 18.4 Å². The van der Waals surface area contributed by atoms with Crippen LogP contribution in [0.2, 0.25) is 0 Å². The molecular weight excluding hydrogens is 382 g/mol. The lowest BCUT2D eigenvalue weighted by molar-refractivity contribution is -0.137. The van der Waals surface area contributed by atoms with Crippen molar-refractivity contribution in [3.05, 3.63) is 65.0 Å². The molecule has 0 bridgehead atoms. The zero-order chi connectivity index (χ0) is 20.9. The van der Waals surface area contributed by atoms with Crippen molar-refractivity contribution in [2.75, 3.05) is 11.9 Å². The van der Waals surface area contributed by atoms with Crippen LogP contribution in [0.3, 0.4) is 0 Å². The van der Waals surface area contributed by atoms with Gasteiger partial charge in [0.1, 0.15) is 11.9 Å².